The maximum absolute atomic E-state index is 10.9. The SMILES string of the molecule is CC=CC(=O)OCCOc1ccccc1. The highest BCUT2D eigenvalue weighted by Crippen LogP contribution is 2.07. The van der Waals surface area contributed by atoms with Crippen molar-refractivity contribution in [2.75, 3.05) is 13.2 Å². The zero-order valence-electron chi connectivity index (χ0n) is 8.68. The number of benzene rings is 1. The Balaban J connectivity index is 2.15. The van der Waals surface area contributed by atoms with Crippen molar-refractivity contribution in [2.45, 2.75) is 6.92 Å². The number of hydrogen-bond donors (Lipinski definition) is 0. The van der Waals surface area contributed by atoms with Crippen LogP contribution in [0.1, 0.15) is 6.92 Å². The number of ether oxygens (including phenoxy) is 2. The van der Waals surface area contributed by atoms with E-state index < -0.39 is 0 Å². The normalized spacial score (nSPS) is 10.2. The molecular weight excluding hydrogens is 192 g/mol. The Kier molecular flexibility index (Phi) is 5.01. The number of para-hydroxylation sites is 1. The van der Waals surface area contributed by atoms with Gasteiger partial charge in [-0.15, -0.1) is 0 Å². The largest absolute Gasteiger partial charge is 0.490 e. The third kappa shape index (κ3) is 4.86. The summed E-state index contributed by atoms with van der Waals surface area (Å²) in [6.07, 6.45) is 3.02. The van der Waals surface area contributed by atoms with E-state index in [0.29, 0.717) is 6.61 Å². The number of carbonyl (C=O) groups excluding carboxylic acids is 1. The van der Waals surface area contributed by atoms with E-state index in [-0.39, 0.29) is 12.6 Å². The van der Waals surface area contributed by atoms with Crippen LogP contribution in [0, 0.1) is 0 Å². The fourth-order valence-electron chi connectivity index (χ4n) is 1.00. The topological polar surface area (TPSA) is 35.5 Å². The lowest BCUT2D eigenvalue weighted by atomic mass is 10.3. The van der Waals surface area contributed by atoms with Crippen molar-refractivity contribution in [3.63, 3.8) is 0 Å². The maximum Gasteiger partial charge on any atom is 0.330 e. The monoisotopic (exact) mass is 206 g/mol. The van der Waals surface area contributed by atoms with Gasteiger partial charge in [0.05, 0.1) is 0 Å². The van der Waals surface area contributed by atoms with E-state index in [1.807, 2.05) is 30.3 Å². The van der Waals surface area contributed by atoms with E-state index in [9.17, 15) is 4.79 Å². The van der Waals surface area contributed by atoms with Crippen LogP contribution in [0.15, 0.2) is 42.5 Å². The smallest absolute Gasteiger partial charge is 0.330 e. The van der Waals surface area contributed by atoms with Gasteiger partial charge in [0, 0.05) is 6.08 Å². The summed E-state index contributed by atoms with van der Waals surface area (Å²) < 4.78 is 10.2. The molecule has 15 heavy (non-hydrogen) atoms. The highest BCUT2D eigenvalue weighted by Gasteiger charge is 1.96. The molecule has 0 N–H and O–H groups in total. The van der Waals surface area contributed by atoms with Gasteiger partial charge in [0.1, 0.15) is 19.0 Å². The summed E-state index contributed by atoms with van der Waals surface area (Å²) >= 11 is 0. The lowest BCUT2D eigenvalue weighted by molar-refractivity contribution is -0.138. The van der Waals surface area contributed by atoms with Crippen molar-refractivity contribution < 1.29 is 14.3 Å². The lowest BCUT2D eigenvalue weighted by Crippen LogP contribution is -2.10. The van der Waals surface area contributed by atoms with Crippen LogP contribution in [0.4, 0.5) is 0 Å². The summed E-state index contributed by atoms with van der Waals surface area (Å²) in [5, 5.41) is 0. The van der Waals surface area contributed by atoms with E-state index >= 15 is 0 Å². The van der Waals surface area contributed by atoms with Crippen LogP contribution in [-0.4, -0.2) is 19.2 Å². The molecule has 0 saturated heterocycles. The molecule has 0 bridgehead atoms. The van der Waals surface area contributed by atoms with Gasteiger partial charge in [-0.05, 0) is 19.1 Å². The molecule has 1 aromatic carbocycles. The Morgan fingerprint density at radius 1 is 1.27 bits per heavy atom. The fourth-order valence-corrected chi connectivity index (χ4v) is 1.00. The number of esters is 1. The van der Waals surface area contributed by atoms with Crippen molar-refractivity contribution in [3.8, 4) is 5.75 Å². The van der Waals surface area contributed by atoms with E-state index in [4.69, 9.17) is 9.47 Å². The van der Waals surface area contributed by atoms with Gasteiger partial charge >= 0.3 is 5.97 Å². The quantitative estimate of drug-likeness (QED) is 0.421. The Labute approximate surface area is 89.3 Å². The van der Waals surface area contributed by atoms with Crippen molar-refractivity contribution in [3.05, 3.63) is 42.5 Å². The van der Waals surface area contributed by atoms with Gasteiger partial charge in [0.15, 0.2) is 0 Å². The molecule has 0 saturated carbocycles. The molecule has 80 valence electrons. The van der Waals surface area contributed by atoms with Gasteiger partial charge in [-0.1, -0.05) is 24.3 Å². The molecule has 3 nitrogen and oxygen atoms in total. The van der Waals surface area contributed by atoms with Crippen molar-refractivity contribution in [1.29, 1.82) is 0 Å². The molecule has 0 atom stereocenters. The third-order valence-corrected chi connectivity index (χ3v) is 1.64. The van der Waals surface area contributed by atoms with E-state index in [0.717, 1.165) is 5.75 Å². The molecule has 0 spiro atoms. The average Bonchev–Trinajstić information content (AvgIpc) is 2.26. The molecule has 0 unspecified atom stereocenters. The van der Waals surface area contributed by atoms with E-state index in [2.05, 4.69) is 0 Å². The van der Waals surface area contributed by atoms with Gasteiger partial charge in [-0.2, -0.15) is 0 Å². The van der Waals surface area contributed by atoms with Gasteiger partial charge < -0.3 is 9.47 Å². The molecule has 3 heteroatoms. The summed E-state index contributed by atoms with van der Waals surface area (Å²) in [5.74, 6) is 0.439. The van der Waals surface area contributed by atoms with Gasteiger partial charge in [-0.3, -0.25) is 0 Å². The first-order chi connectivity index (χ1) is 7.33. The van der Waals surface area contributed by atoms with Crippen LogP contribution in [0.25, 0.3) is 0 Å². The summed E-state index contributed by atoms with van der Waals surface area (Å²) in [5.41, 5.74) is 0. The summed E-state index contributed by atoms with van der Waals surface area (Å²) in [4.78, 5) is 10.9. The zero-order valence-corrected chi connectivity index (χ0v) is 8.68. The summed E-state index contributed by atoms with van der Waals surface area (Å²) in [6.45, 7) is 2.40. The van der Waals surface area contributed by atoms with Crippen LogP contribution in [0.2, 0.25) is 0 Å². The first-order valence-corrected chi connectivity index (χ1v) is 4.80. The predicted molar refractivity (Wildman–Crippen MR) is 57.7 cm³/mol. The first-order valence-electron chi connectivity index (χ1n) is 4.80. The molecule has 0 heterocycles. The molecule has 1 rings (SSSR count). The predicted octanol–water partition coefficient (Wildman–Crippen LogP) is 2.18. The average molecular weight is 206 g/mol. The fraction of sp³-hybridized carbons (Fsp3) is 0.250. The molecule has 0 aliphatic rings. The minimum absolute atomic E-state index is 0.262. The Hall–Kier alpha value is -1.77. The number of rotatable bonds is 5. The molecule has 0 radical (unpaired) electrons. The molecular formula is C12H14O3. The second-order valence-corrected chi connectivity index (χ2v) is 2.83. The first kappa shape index (κ1) is 11.3. The van der Waals surface area contributed by atoms with Gasteiger partial charge in [0.2, 0.25) is 0 Å². The number of carbonyl (C=O) groups is 1. The highest BCUT2D eigenvalue weighted by atomic mass is 16.6. The van der Waals surface area contributed by atoms with Crippen molar-refractivity contribution in [1.82, 2.24) is 0 Å². The second kappa shape index (κ2) is 6.65. The third-order valence-electron chi connectivity index (χ3n) is 1.64. The standard InChI is InChI=1S/C12H14O3/c1-2-6-12(13)15-10-9-14-11-7-4-3-5-8-11/h2-8H,9-10H2,1H3. The van der Waals surface area contributed by atoms with Crippen LogP contribution in [0.5, 0.6) is 5.75 Å². The van der Waals surface area contributed by atoms with Crippen LogP contribution in [0.3, 0.4) is 0 Å². The van der Waals surface area contributed by atoms with Crippen LogP contribution < -0.4 is 4.74 Å². The Morgan fingerprint density at radius 2 is 2.00 bits per heavy atom. The lowest BCUT2D eigenvalue weighted by Gasteiger charge is -2.05. The zero-order chi connectivity index (χ0) is 10.9. The van der Waals surface area contributed by atoms with Crippen LogP contribution in [-0.2, 0) is 9.53 Å². The van der Waals surface area contributed by atoms with Gasteiger partial charge in [0.25, 0.3) is 0 Å². The summed E-state index contributed by atoms with van der Waals surface area (Å²) in [7, 11) is 0. The molecule has 1 aromatic rings. The molecule has 0 aliphatic heterocycles. The minimum atomic E-state index is -0.339. The second-order valence-electron chi connectivity index (χ2n) is 2.83. The van der Waals surface area contributed by atoms with E-state index in [1.165, 1.54) is 6.08 Å². The summed E-state index contributed by atoms with van der Waals surface area (Å²) in [6, 6.07) is 9.41. The number of allylic oxidation sites excluding steroid dienone is 1. The Morgan fingerprint density at radius 3 is 2.67 bits per heavy atom. The van der Waals surface area contributed by atoms with Crippen LogP contribution >= 0.6 is 0 Å². The number of hydrogen-bond acceptors (Lipinski definition) is 3. The van der Waals surface area contributed by atoms with E-state index in [1.54, 1.807) is 13.0 Å². The maximum atomic E-state index is 10.9. The minimum Gasteiger partial charge on any atom is -0.490 e. The van der Waals surface area contributed by atoms with Crippen molar-refractivity contribution in [2.24, 2.45) is 0 Å². The highest BCUT2D eigenvalue weighted by molar-refractivity contribution is 5.81. The van der Waals surface area contributed by atoms with Gasteiger partial charge in [-0.25, -0.2) is 4.79 Å². The molecule has 0 aromatic heterocycles. The molecule has 0 fully saturated rings. The molecule has 0 amide bonds. The van der Waals surface area contributed by atoms with Crippen molar-refractivity contribution >= 4 is 5.97 Å². The molecule has 0 aliphatic carbocycles. The Bertz CT molecular complexity index is 317.